The van der Waals surface area contributed by atoms with E-state index in [1.807, 2.05) is 16.5 Å². The average Bonchev–Trinajstić information content (AvgIpc) is 2.87. The van der Waals surface area contributed by atoms with E-state index in [2.05, 4.69) is 37.3 Å². The number of carbonyl (C=O) groups excluding carboxylic acids is 1. The monoisotopic (exact) mass is 300 g/mol. The van der Waals surface area contributed by atoms with Crippen molar-refractivity contribution in [3.63, 3.8) is 0 Å². The molecular weight excluding hydrogens is 276 g/mol. The number of hydrogen-bond donors (Lipinski definition) is 0. The van der Waals surface area contributed by atoms with Crippen LogP contribution in [-0.4, -0.2) is 39.2 Å². The van der Waals surface area contributed by atoms with Crippen LogP contribution in [0.3, 0.4) is 0 Å². The number of hydrogen-bond acceptors (Lipinski definition) is 3. The summed E-state index contributed by atoms with van der Waals surface area (Å²) >= 11 is 0. The van der Waals surface area contributed by atoms with Gasteiger partial charge in [0.1, 0.15) is 5.69 Å². The standard InChI is InChI=1S/C17H24N4O/c1-6-13-15-11(17(15,3)4)9-21(13)16(22)12-10-20(5)14(19-12)8-18-7-2/h7-8,10-11,13,15H,2,6,9H2,1,3-5H3/t11?,13-,15+/m1/s1. The van der Waals surface area contributed by atoms with Crippen LogP contribution in [0, 0.1) is 17.3 Å². The van der Waals surface area contributed by atoms with Crippen molar-refractivity contribution < 1.29 is 4.79 Å². The number of aromatic nitrogens is 2. The van der Waals surface area contributed by atoms with Crippen LogP contribution in [-0.2, 0) is 7.05 Å². The number of likely N-dealkylation sites (tertiary alicyclic amines) is 1. The topological polar surface area (TPSA) is 50.5 Å². The van der Waals surface area contributed by atoms with Gasteiger partial charge in [-0.1, -0.05) is 27.4 Å². The van der Waals surface area contributed by atoms with Gasteiger partial charge in [-0.15, -0.1) is 0 Å². The molecule has 5 heteroatoms. The summed E-state index contributed by atoms with van der Waals surface area (Å²) in [6.45, 7) is 11.2. The third kappa shape index (κ3) is 2.11. The van der Waals surface area contributed by atoms with Crippen molar-refractivity contribution >= 4 is 12.1 Å². The molecule has 5 nitrogen and oxygen atoms in total. The first kappa shape index (κ1) is 15.0. The lowest BCUT2D eigenvalue weighted by Gasteiger charge is -2.29. The minimum absolute atomic E-state index is 0.0451. The Hall–Kier alpha value is -1.91. The Labute approximate surface area is 131 Å². The van der Waals surface area contributed by atoms with E-state index in [4.69, 9.17) is 0 Å². The Morgan fingerprint density at radius 2 is 2.32 bits per heavy atom. The first-order valence-electron chi connectivity index (χ1n) is 7.90. The number of rotatable bonds is 4. The Morgan fingerprint density at radius 1 is 1.59 bits per heavy atom. The second-order valence-electron chi connectivity index (χ2n) is 6.94. The normalized spacial score (nSPS) is 28.9. The Balaban J connectivity index is 1.80. The molecule has 1 saturated carbocycles. The number of imidazole rings is 1. The van der Waals surface area contributed by atoms with Gasteiger partial charge in [-0.2, -0.15) is 0 Å². The van der Waals surface area contributed by atoms with Crippen LogP contribution in [0.5, 0.6) is 0 Å². The van der Waals surface area contributed by atoms with Gasteiger partial charge in [-0.05, 0) is 23.7 Å². The van der Waals surface area contributed by atoms with Gasteiger partial charge >= 0.3 is 0 Å². The maximum Gasteiger partial charge on any atom is 0.274 e. The Bertz CT molecular complexity index is 643. The number of amides is 1. The molecule has 22 heavy (non-hydrogen) atoms. The lowest BCUT2D eigenvalue weighted by molar-refractivity contribution is 0.0665. The van der Waals surface area contributed by atoms with Gasteiger partial charge < -0.3 is 9.47 Å². The smallest absolute Gasteiger partial charge is 0.274 e. The van der Waals surface area contributed by atoms with Crippen molar-refractivity contribution in [2.24, 2.45) is 29.3 Å². The summed E-state index contributed by atoms with van der Waals surface area (Å²) in [4.78, 5) is 23.2. The van der Waals surface area contributed by atoms with E-state index in [1.54, 1.807) is 12.4 Å². The molecule has 0 bridgehead atoms. The van der Waals surface area contributed by atoms with Crippen molar-refractivity contribution in [1.82, 2.24) is 14.5 Å². The molecule has 3 atom stereocenters. The summed E-state index contributed by atoms with van der Waals surface area (Å²) in [5.41, 5.74) is 0.897. The highest BCUT2D eigenvalue weighted by molar-refractivity contribution is 5.94. The molecule has 2 heterocycles. The van der Waals surface area contributed by atoms with Crippen LogP contribution in [0.1, 0.15) is 43.5 Å². The third-order valence-corrected chi connectivity index (χ3v) is 5.45. The molecule has 1 aromatic heterocycles. The molecular formula is C17H24N4O. The summed E-state index contributed by atoms with van der Waals surface area (Å²) in [6, 6.07) is 0.347. The molecule has 0 radical (unpaired) electrons. The first-order valence-corrected chi connectivity index (χ1v) is 7.90. The van der Waals surface area contributed by atoms with Crippen LogP contribution >= 0.6 is 0 Å². The minimum atomic E-state index is 0.0451. The number of piperidine rings is 1. The zero-order valence-electron chi connectivity index (χ0n) is 13.8. The predicted molar refractivity (Wildman–Crippen MR) is 86.9 cm³/mol. The van der Waals surface area contributed by atoms with Crippen LogP contribution in [0.4, 0.5) is 0 Å². The molecule has 118 valence electrons. The van der Waals surface area contributed by atoms with E-state index >= 15 is 0 Å². The van der Waals surface area contributed by atoms with Gasteiger partial charge in [0.05, 0.1) is 6.21 Å². The fraction of sp³-hybridized carbons (Fsp3) is 0.588. The van der Waals surface area contributed by atoms with Crippen LogP contribution in [0.15, 0.2) is 24.0 Å². The predicted octanol–water partition coefficient (Wildman–Crippen LogP) is 2.49. The van der Waals surface area contributed by atoms with E-state index in [-0.39, 0.29) is 5.91 Å². The number of aryl methyl sites for hydroxylation is 1. The molecule has 1 unspecified atom stereocenters. The van der Waals surface area contributed by atoms with E-state index < -0.39 is 0 Å². The van der Waals surface area contributed by atoms with Crippen molar-refractivity contribution in [2.45, 2.75) is 33.2 Å². The van der Waals surface area contributed by atoms with Gasteiger partial charge in [0.25, 0.3) is 5.91 Å². The molecule has 0 spiro atoms. The number of carbonyl (C=O) groups is 1. The van der Waals surface area contributed by atoms with Crippen molar-refractivity contribution in [2.75, 3.05) is 6.54 Å². The molecule has 3 rings (SSSR count). The molecule has 1 aromatic rings. The number of nitrogens with zero attached hydrogens (tertiary/aromatic N) is 4. The summed E-state index contributed by atoms with van der Waals surface area (Å²) in [7, 11) is 1.87. The van der Waals surface area contributed by atoms with Gasteiger partial charge in [-0.25, -0.2) is 4.98 Å². The minimum Gasteiger partial charge on any atom is -0.334 e. The summed E-state index contributed by atoms with van der Waals surface area (Å²) in [6.07, 6.45) is 5.87. The molecule has 0 N–H and O–H groups in total. The second-order valence-corrected chi connectivity index (χ2v) is 6.94. The van der Waals surface area contributed by atoms with E-state index in [1.165, 1.54) is 6.20 Å². The quantitative estimate of drug-likeness (QED) is 0.802. The highest BCUT2D eigenvalue weighted by Crippen LogP contribution is 2.65. The zero-order valence-corrected chi connectivity index (χ0v) is 13.8. The fourth-order valence-electron chi connectivity index (χ4n) is 4.12. The van der Waals surface area contributed by atoms with Crippen LogP contribution in [0.2, 0.25) is 0 Å². The van der Waals surface area contributed by atoms with Gasteiger partial charge in [0.2, 0.25) is 0 Å². The van der Waals surface area contributed by atoms with Crippen molar-refractivity contribution in [3.8, 4) is 0 Å². The van der Waals surface area contributed by atoms with Gasteiger partial charge in [0, 0.05) is 32.0 Å². The zero-order chi connectivity index (χ0) is 16.1. The highest BCUT2D eigenvalue weighted by atomic mass is 16.2. The van der Waals surface area contributed by atoms with Crippen LogP contribution in [0.25, 0.3) is 0 Å². The summed E-state index contributed by atoms with van der Waals surface area (Å²) in [5, 5.41) is 0. The maximum absolute atomic E-state index is 12.8. The molecule has 1 saturated heterocycles. The molecule has 1 aliphatic carbocycles. The first-order chi connectivity index (χ1) is 10.4. The summed E-state index contributed by atoms with van der Waals surface area (Å²) < 4.78 is 1.82. The van der Waals surface area contributed by atoms with Crippen molar-refractivity contribution in [3.05, 3.63) is 30.5 Å². The lowest BCUT2D eigenvalue weighted by Crippen LogP contribution is -2.40. The molecule has 1 amide bonds. The Kier molecular flexibility index (Phi) is 3.46. The summed E-state index contributed by atoms with van der Waals surface area (Å²) in [5.74, 6) is 2.00. The lowest BCUT2D eigenvalue weighted by atomic mass is 9.99. The van der Waals surface area contributed by atoms with Gasteiger partial charge in [0.15, 0.2) is 5.82 Å². The van der Waals surface area contributed by atoms with Crippen molar-refractivity contribution in [1.29, 1.82) is 0 Å². The molecule has 0 aromatic carbocycles. The number of fused-ring (bicyclic) bond motifs is 1. The largest absolute Gasteiger partial charge is 0.334 e. The van der Waals surface area contributed by atoms with Gasteiger partial charge in [-0.3, -0.25) is 9.79 Å². The highest BCUT2D eigenvalue weighted by Gasteiger charge is 2.66. The average molecular weight is 300 g/mol. The molecule has 2 aliphatic rings. The van der Waals surface area contributed by atoms with E-state index in [9.17, 15) is 4.79 Å². The second kappa shape index (κ2) is 5.07. The third-order valence-electron chi connectivity index (χ3n) is 5.45. The molecule has 2 fully saturated rings. The fourth-order valence-corrected chi connectivity index (χ4v) is 4.12. The van der Waals surface area contributed by atoms with E-state index in [0.29, 0.717) is 34.8 Å². The number of aliphatic imine (C=N–C) groups is 1. The van der Waals surface area contributed by atoms with Crippen LogP contribution < -0.4 is 0 Å². The molecule has 1 aliphatic heterocycles. The Morgan fingerprint density at radius 3 is 2.95 bits per heavy atom. The van der Waals surface area contributed by atoms with E-state index in [0.717, 1.165) is 13.0 Å². The maximum atomic E-state index is 12.8. The SMILES string of the molecule is C=CN=Cc1nc(C(=O)N2CC3[C@@H]([C@H]2CC)C3(C)C)cn1C.